The van der Waals surface area contributed by atoms with E-state index in [-0.39, 0.29) is 0 Å². The third-order valence-corrected chi connectivity index (χ3v) is 5.28. The molecule has 1 N–H and O–H groups in total. The number of nitrogens with one attached hydrogen (secondary N) is 1. The average Bonchev–Trinajstić information content (AvgIpc) is 2.54. The largest absolute Gasteiger partial charge is 0.352 e. The van der Waals surface area contributed by atoms with E-state index in [1.54, 1.807) is 11.8 Å². The molecule has 1 aliphatic rings. The van der Waals surface area contributed by atoms with Gasteiger partial charge in [-0.2, -0.15) is 15.0 Å². The summed E-state index contributed by atoms with van der Waals surface area (Å²) >= 11 is 1.74. The fourth-order valence-corrected chi connectivity index (χ4v) is 4.19. The molecule has 0 spiro atoms. The van der Waals surface area contributed by atoms with Crippen molar-refractivity contribution >= 4 is 23.7 Å². The summed E-state index contributed by atoms with van der Waals surface area (Å²) in [4.78, 5) is 18.9. The number of likely N-dealkylation sites (tertiary alicyclic amines) is 1. The number of hydrogen-bond donors (Lipinski definition) is 1. The zero-order valence-corrected chi connectivity index (χ0v) is 18.1. The molecule has 0 amide bonds. The highest BCUT2D eigenvalue weighted by atomic mass is 32.2. The van der Waals surface area contributed by atoms with Crippen LogP contribution < -0.4 is 10.2 Å². The van der Waals surface area contributed by atoms with E-state index in [9.17, 15) is 0 Å². The Morgan fingerprint density at radius 3 is 2.19 bits per heavy atom. The molecule has 1 aromatic rings. The maximum atomic E-state index is 4.77. The Morgan fingerprint density at radius 2 is 1.62 bits per heavy atom. The molecule has 2 rings (SSSR count). The highest BCUT2D eigenvalue weighted by Crippen LogP contribution is 2.22. The van der Waals surface area contributed by atoms with Gasteiger partial charge >= 0.3 is 0 Å². The molecule has 0 bridgehead atoms. The summed E-state index contributed by atoms with van der Waals surface area (Å²) in [6, 6.07) is 0.981. The molecule has 6 nitrogen and oxygen atoms in total. The minimum Gasteiger partial charge on any atom is -0.352 e. The summed E-state index contributed by atoms with van der Waals surface area (Å²) in [5, 5.41) is 4.17. The first-order chi connectivity index (χ1) is 12.4. The topological polar surface area (TPSA) is 57.2 Å². The quantitative estimate of drug-likeness (QED) is 0.652. The Labute approximate surface area is 163 Å². The van der Waals surface area contributed by atoms with Gasteiger partial charge in [0.2, 0.25) is 11.9 Å². The van der Waals surface area contributed by atoms with Crippen LogP contribution in [0, 0.1) is 0 Å². The van der Waals surface area contributed by atoms with Crippen molar-refractivity contribution in [1.82, 2.24) is 19.9 Å². The van der Waals surface area contributed by atoms with Gasteiger partial charge in [-0.05, 0) is 67.5 Å². The van der Waals surface area contributed by atoms with Crippen LogP contribution in [-0.2, 0) is 0 Å². The molecule has 0 radical (unpaired) electrons. The van der Waals surface area contributed by atoms with E-state index < -0.39 is 0 Å². The number of anilines is 2. The molecule has 148 valence electrons. The van der Waals surface area contributed by atoms with E-state index in [4.69, 9.17) is 4.98 Å². The van der Waals surface area contributed by atoms with E-state index in [0.717, 1.165) is 23.4 Å². The van der Waals surface area contributed by atoms with Crippen LogP contribution in [0.25, 0.3) is 0 Å². The van der Waals surface area contributed by atoms with Gasteiger partial charge < -0.3 is 15.1 Å². The maximum absolute atomic E-state index is 4.77. The van der Waals surface area contributed by atoms with Crippen LogP contribution in [0.3, 0.4) is 0 Å². The van der Waals surface area contributed by atoms with Crippen LogP contribution in [0.1, 0.15) is 60.8 Å². The molecule has 1 saturated heterocycles. The summed E-state index contributed by atoms with van der Waals surface area (Å²) in [5.41, 5.74) is 0. The Morgan fingerprint density at radius 1 is 0.962 bits per heavy atom. The lowest BCUT2D eigenvalue weighted by Crippen LogP contribution is -2.38. The first-order valence-electron chi connectivity index (χ1n) is 10.0. The molecule has 0 unspecified atom stereocenters. The zero-order chi connectivity index (χ0) is 19.1. The van der Waals surface area contributed by atoms with Gasteiger partial charge in [0.25, 0.3) is 0 Å². The van der Waals surface area contributed by atoms with Crippen molar-refractivity contribution in [3.63, 3.8) is 0 Å². The highest BCUT2D eigenvalue weighted by Gasteiger charge is 2.20. The van der Waals surface area contributed by atoms with Crippen molar-refractivity contribution in [2.75, 3.05) is 35.6 Å². The maximum Gasteiger partial charge on any atom is 0.231 e. The number of aromatic nitrogens is 3. The lowest BCUT2D eigenvalue weighted by Gasteiger charge is -2.31. The molecule has 1 fully saturated rings. The smallest absolute Gasteiger partial charge is 0.231 e. The number of nitrogens with zero attached hydrogens (tertiary/aromatic N) is 5. The van der Waals surface area contributed by atoms with Gasteiger partial charge in [0.15, 0.2) is 5.16 Å². The van der Waals surface area contributed by atoms with Crippen molar-refractivity contribution in [2.24, 2.45) is 0 Å². The van der Waals surface area contributed by atoms with E-state index in [2.05, 4.69) is 66.6 Å². The van der Waals surface area contributed by atoms with Gasteiger partial charge in [0, 0.05) is 30.4 Å². The molecule has 2 heterocycles. The summed E-state index contributed by atoms with van der Waals surface area (Å²) < 4.78 is 0. The Kier molecular flexibility index (Phi) is 8.41. The van der Waals surface area contributed by atoms with Crippen molar-refractivity contribution in [3.05, 3.63) is 0 Å². The van der Waals surface area contributed by atoms with Gasteiger partial charge in [0.05, 0.1) is 0 Å². The minimum atomic E-state index is 0.294. The highest BCUT2D eigenvalue weighted by molar-refractivity contribution is 7.99. The van der Waals surface area contributed by atoms with E-state index in [0.29, 0.717) is 24.1 Å². The van der Waals surface area contributed by atoms with Gasteiger partial charge in [0.1, 0.15) is 0 Å². The van der Waals surface area contributed by atoms with Crippen LogP contribution in [0.15, 0.2) is 5.16 Å². The minimum absolute atomic E-state index is 0.294. The van der Waals surface area contributed by atoms with Crippen molar-refractivity contribution in [1.29, 1.82) is 0 Å². The molecular formula is C19H36N6S. The monoisotopic (exact) mass is 380 g/mol. The Hall–Kier alpha value is -1.08. The van der Waals surface area contributed by atoms with Gasteiger partial charge in [-0.25, -0.2) is 0 Å². The fraction of sp³-hybridized carbons (Fsp3) is 0.842. The SMILES string of the molecule is CC(C)Nc1nc(SCCN2CCCCC2)nc(N(C(C)C)C(C)C)n1. The van der Waals surface area contributed by atoms with E-state index >= 15 is 0 Å². The Bertz CT molecular complexity index is 535. The predicted molar refractivity (Wildman–Crippen MR) is 112 cm³/mol. The standard InChI is InChI=1S/C19H36N6S/c1-14(2)20-17-21-18(25(15(3)4)16(5)6)23-19(22-17)26-13-12-24-10-8-7-9-11-24/h14-16H,7-13H2,1-6H3,(H,20,21,22,23). The molecule has 0 aliphatic carbocycles. The van der Waals surface area contributed by atoms with Crippen molar-refractivity contribution in [3.8, 4) is 0 Å². The molecule has 26 heavy (non-hydrogen) atoms. The number of thioether (sulfide) groups is 1. The third-order valence-electron chi connectivity index (χ3n) is 4.45. The lowest BCUT2D eigenvalue weighted by atomic mass is 10.1. The molecule has 0 saturated carbocycles. The van der Waals surface area contributed by atoms with Crippen LogP contribution >= 0.6 is 11.8 Å². The van der Waals surface area contributed by atoms with Crippen molar-refractivity contribution in [2.45, 2.75) is 84.1 Å². The second-order valence-electron chi connectivity index (χ2n) is 7.89. The summed E-state index contributed by atoms with van der Waals surface area (Å²) in [5.74, 6) is 2.47. The average molecular weight is 381 g/mol. The Balaban J connectivity index is 2.11. The van der Waals surface area contributed by atoms with Crippen LogP contribution in [0.5, 0.6) is 0 Å². The van der Waals surface area contributed by atoms with Crippen LogP contribution in [-0.4, -0.2) is 63.4 Å². The van der Waals surface area contributed by atoms with Gasteiger partial charge in [-0.1, -0.05) is 18.2 Å². The molecule has 1 aliphatic heterocycles. The number of rotatable bonds is 9. The molecule has 0 atom stereocenters. The molecule has 1 aromatic heterocycles. The number of piperidine rings is 1. The lowest BCUT2D eigenvalue weighted by molar-refractivity contribution is 0.242. The van der Waals surface area contributed by atoms with E-state index in [1.807, 2.05) is 0 Å². The normalized spacial score (nSPS) is 15.9. The predicted octanol–water partition coefficient (Wildman–Crippen LogP) is 3.89. The zero-order valence-electron chi connectivity index (χ0n) is 17.3. The summed E-state index contributed by atoms with van der Waals surface area (Å²) in [7, 11) is 0. The van der Waals surface area contributed by atoms with Crippen LogP contribution in [0.2, 0.25) is 0 Å². The first-order valence-corrected chi connectivity index (χ1v) is 11.0. The third kappa shape index (κ3) is 6.58. The van der Waals surface area contributed by atoms with Gasteiger partial charge in [-0.15, -0.1) is 0 Å². The van der Waals surface area contributed by atoms with E-state index in [1.165, 1.54) is 32.4 Å². The summed E-state index contributed by atoms with van der Waals surface area (Å²) in [6.45, 7) is 16.5. The number of hydrogen-bond acceptors (Lipinski definition) is 7. The second kappa shape index (κ2) is 10.3. The van der Waals surface area contributed by atoms with Crippen molar-refractivity contribution < 1.29 is 0 Å². The van der Waals surface area contributed by atoms with Gasteiger partial charge in [-0.3, -0.25) is 0 Å². The molecule has 0 aromatic carbocycles. The summed E-state index contributed by atoms with van der Waals surface area (Å²) in [6.07, 6.45) is 4.05. The molecule has 7 heteroatoms. The molecular weight excluding hydrogens is 344 g/mol. The van der Waals surface area contributed by atoms with Crippen LogP contribution in [0.4, 0.5) is 11.9 Å². The second-order valence-corrected chi connectivity index (χ2v) is 8.95. The first kappa shape index (κ1) is 21.2. The fourth-order valence-electron chi connectivity index (χ4n) is 3.36.